The number of nitrogens with one attached hydrogen (secondary N) is 2. The molecule has 4 rings (SSSR count). The smallest absolute Gasteiger partial charge is 0.224 e. The van der Waals surface area contributed by atoms with E-state index in [9.17, 15) is 0 Å². The molecule has 2 aromatic heterocycles. The number of hydrogen-bond acceptors (Lipinski definition) is 7. The SMILES string of the molecule is CCC(C)CNc1ncc2c(n1)Nc1ccccc1-n1nnnc1-2. The van der Waals surface area contributed by atoms with Crippen LogP contribution >= 0.6 is 0 Å². The summed E-state index contributed by atoms with van der Waals surface area (Å²) in [7, 11) is 0. The van der Waals surface area contributed by atoms with Crippen LogP contribution in [-0.2, 0) is 0 Å². The zero-order valence-corrected chi connectivity index (χ0v) is 13.6. The minimum atomic E-state index is 0.563. The molecular formula is C16H18N8. The van der Waals surface area contributed by atoms with Gasteiger partial charge in [0, 0.05) is 12.7 Å². The van der Waals surface area contributed by atoms with E-state index in [1.54, 1.807) is 10.9 Å². The second-order valence-corrected chi connectivity index (χ2v) is 5.91. The zero-order valence-electron chi connectivity index (χ0n) is 13.6. The van der Waals surface area contributed by atoms with Crippen molar-refractivity contribution < 1.29 is 0 Å². The summed E-state index contributed by atoms with van der Waals surface area (Å²) in [5.74, 6) is 2.47. The average Bonchev–Trinajstić information content (AvgIpc) is 3.05. The van der Waals surface area contributed by atoms with Crippen molar-refractivity contribution in [3.8, 4) is 17.1 Å². The maximum atomic E-state index is 4.61. The van der Waals surface area contributed by atoms with Crippen LogP contribution in [0.25, 0.3) is 17.1 Å². The highest BCUT2D eigenvalue weighted by Crippen LogP contribution is 2.35. The highest BCUT2D eigenvalue weighted by atomic mass is 15.5. The first-order chi connectivity index (χ1) is 11.8. The lowest BCUT2D eigenvalue weighted by molar-refractivity contribution is 0.591. The van der Waals surface area contributed by atoms with E-state index in [0.717, 1.165) is 29.9 Å². The third-order valence-corrected chi connectivity index (χ3v) is 4.19. The Morgan fingerprint density at radius 3 is 3.04 bits per heavy atom. The molecule has 122 valence electrons. The normalized spacial score (nSPS) is 13.1. The van der Waals surface area contributed by atoms with E-state index in [-0.39, 0.29) is 0 Å². The lowest BCUT2D eigenvalue weighted by atomic mass is 10.1. The number of anilines is 3. The Morgan fingerprint density at radius 2 is 2.17 bits per heavy atom. The summed E-state index contributed by atoms with van der Waals surface area (Å²) in [5, 5.41) is 18.7. The number of fused-ring (bicyclic) bond motifs is 5. The van der Waals surface area contributed by atoms with Crippen LogP contribution in [0.3, 0.4) is 0 Å². The van der Waals surface area contributed by atoms with Gasteiger partial charge in [-0.15, -0.1) is 5.10 Å². The molecule has 24 heavy (non-hydrogen) atoms. The van der Waals surface area contributed by atoms with Gasteiger partial charge in [-0.3, -0.25) is 0 Å². The number of tetrazole rings is 1. The van der Waals surface area contributed by atoms with Crippen LogP contribution in [0.15, 0.2) is 30.5 Å². The first-order valence-electron chi connectivity index (χ1n) is 8.02. The Hall–Kier alpha value is -3.03. The predicted molar refractivity (Wildman–Crippen MR) is 91.4 cm³/mol. The van der Waals surface area contributed by atoms with E-state index in [2.05, 4.69) is 50.0 Å². The Balaban J connectivity index is 1.76. The van der Waals surface area contributed by atoms with E-state index >= 15 is 0 Å². The van der Waals surface area contributed by atoms with Crippen LogP contribution in [0, 0.1) is 5.92 Å². The molecule has 0 fully saturated rings. The molecule has 3 aromatic rings. The van der Waals surface area contributed by atoms with Crippen molar-refractivity contribution in [2.75, 3.05) is 17.2 Å². The highest BCUT2D eigenvalue weighted by Gasteiger charge is 2.23. The van der Waals surface area contributed by atoms with Crippen molar-refractivity contribution in [3.05, 3.63) is 30.5 Å². The van der Waals surface area contributed by atoms with E-state index in [4.69, 9.17) is 0 Å². The molecule has 0 radical (unpaired) electrons. The lowest BCUT2D eigenvalue weighted by Crippen LogP contribution is -2.13. The monoisotopic (exact) mass is 322 g/mol. The Kier molecular flexibility index (Phi) is 3.56. The van der Waals surface area contributed by atoms with Gasteiger partial charge in [-0.2, -0.15) is 9.67 Å². The number of benzene rings is 1. The third-order valence-electron chi connectivity index (χ3n) is 4.19. The van der Waals surface area contributed by atoms with Gasteiger partial charge in [-0.05, 0) is 28.5 Å². The molecule has 8 heteroatoms. The quantitative estimate of drug-likeness (QED) is 0.596. The third kappa shape index (κ3) is 2.45. The van der Waals surface area contributed by atoms with E-state index < -0.39 is 0 Å². The number of hydrogen-bond donors (Lipinski definition) is 2. The first-order valence-corrected chi connectivity index (χ1v) is 8.02. The number of aromatic nitrogens is 6. The largest absolute Gasteiger partial charge is 0.354 e. The topological polar surface area (TPSA) is 93.4 Å². The maximum absolute atomic E-state index is 4.61. The van der Waals surface area contributed by atoms with Gasteiger partial charge in [0.2, 0.25) is 5.95 Å². The molecule has 0 saturated heterocycles. The Bertz CT molecular complexity index is 872. The van der Waals surface area contributed by atoms with Crippen molar-refractivity contribution in [2.45, 2.75) is 20.3 Å². The van der Waals surface area contributed by atoms with Crippen LogP contribution in [0.2, 0.25) is 0 Å². The minimum absolute atomic E-state index is 0.563. The molecule has 0 saturated carbocycles. The molecule has 0 bridgehead atoms. The summed E-state index contributed by atoms with van der Waals surface area (Å²) in [6.07, 6.45) is 2.86. The molecule has 0 spiro atoms. The predicted octanol–water partition coefficient (Wildman–Crippen LogP) is 2.63. The molecule has 1 atom stereocenters. The van der Waals surface area contributed by atoms with Gasteiger partial charge in [-0.25, -0.2) is 4.98 Å². The second-order valence-electron chi connectivity index (χ2n) is 5.91. The molecular weight excluding hydrogens is 304 g/mol. The standard InChI is InChI=1S/C16H18N8/c1-3-10(2)8-17-16-18-9-11-14(20-16)19-12-6-4-5-7-13(12)24-15(11)21-22-23-24/h4-7,9-10H,3,8H2,1-2H3,(H2,17,18,19,20). The summed E-state index contributed by atoms with van der Waals surface area (Å²) in [6.45, 7) is 5.20. The molecule has 8 nitrogen and oxygen atoms in total. The lowest BCUT2D eigenvalue weighted by Gasteiger charge is -2.12. The average molecular weight is 322 g/mol. The van der Waals surface area contributed by atoms with Gasteiger partial charge in [0.05, 0.1) is 16.9 Å². The van der Waals surface area contributed by atoms with Gasteiger partial charge in [-0.1, -0.05) is 32.4 Å². The van der Waals surface area contributed by atoms with E-state index in [1.165, 1.54) is 0 Å². The van der Waals surface area contributed by atoms with Crippen molar-refractivity contribution in [3.63, 3.8) is 0 Å². The highest BCUT2D eigenvalue weighted by molar-refractivity contribution is 5.81. The molecule has 3 heterocycles. The molecule has 1 aliphatic rings. The minimum Gasteiger partial charge on any atom is -0.354 e. The fourth-order valence-electron chi connectivity index (χ4n) is 2.54. The first kappa shape index (κ1) is 14.6. The molecule has 0 amide bonds. The Morgan fingerprint density at radius 1 is 1.29 bits per heavy atom. The molecule has 0 aliphatic carbocycles. The molecule has 1 unspecified atom stereocenters. The van der Waals surface area contributed by atoms with Crippen molar-refractivity contribution >= 4 is 17.5 Å². The summed E-state index contributed by atoms with van der Waals surface area (Å²) >= 11 is 0. The maximum Gasteiger partial charge on any atom is 0.224 e. The molecule has 1 aliphatic heterocycles. The van der Waals surface area contributed by atoms with Gasteiger partial charge in [0.25, 0.3) is 0 Å². The van der Waals surface area contributed by atoms with Crippen LogP contribution in [-0.4, -0.2) is 36.7 Å². The second kappa shape index (κ2) is 5.88. The van der Waals surface area contributed by atoms with Crippen molar-refractivity contribution in [1.29, 1.82) is 0 Å². The van der Waals surface area contributed by atoms with Crippen molar-refractivity contribution in [2.24, 2.45) is 5.92 Å². The van der Waals surface area contributed by atoms with E-state index in [1.807, 2.05) is 24.3 Å². The van der Waals surface area contributed by atoms with Crippen molar-refractivity contribution in [1.82, 2.24) is 30.2 Å². The zero-order chi connectivity index (χ0) is 16.5. The van der Waals surface area contributed by atoms with Crippen LogP contribution < -0.4 is 10.6 Å². The fraction of sp³-hybridized carbons (Fsp3) is 0.312. The number of nitrogens with zero attached hydrogens (tertiary/aromatic N) is 6. The number of para-hydroxylation sites is 2. The van der Waals surface area contributed by atoms with Gasteiger partial charge < -0.3 is 10.6 Å². The van der Waals surface area contributed by atoms with Gasteiger partial charge in [0.1, 0.15) is 5.82 Å². The Labute approximate surface area is 139 Å². The number of rotatable bonds is 4. The van der Waals surface area contributed by atoms with Gasteiger partial charge in [0.15, 0.2) is 5.82 Å². The van der Waals surface area contributed by atoms with Crippen LogP contribution in [0.4, 0.5) is 17.5 Å². The molecule has 1 aromatic carbocycles. The summed E-state index contributed by atoms with van der Waals surface area (Å²) in [5.41, 5.74) is 2.55. The summed E-state index contributed by atoms with van der Waals surface area (Å²) in [6, 6.07) is 7.85. The summed E-state index contributed by atoms with van der Waals surface area (Å²) in [4.78, 5) is 9.02. The van der Waals surface area contributed by atoms with E-state index in [0.29, 0.717) is 23.5 Å². The van der Waals surface area contributed by atoms with Crippen LogP contribution in [0.1, 0.15) is 20.3 Å². The van der Waals surface area contributed by atoms with Crippen LogP contribution in [0.5, 0.6) is 0 Å². The molecule has 2 N–H and O–H groups in total. The van der Waals surface area contributed by atoms with Gasteiger partial charge >= 0.3 is 0 Å². The summed E-state index contributed by atoms with van der Waals surface area (Å²) < 4.78 is 1.70. The fourth-order valence-corrected chi connectivity index (χ4v) is 2.54.